The normalized spacial score (nSPS) is 14.2. The molecule has 6 nitrogen and oxygen atoms in total. The molecule has 0 bridgehead atoms. The Labute approximate surface area is 147 Å². The molecule has 0 atom stereocenters. The molecule has 0 unspecified atom stereocenters. The second-order valence-corrected chi connectivity index (χ2v) is 6.14. The van der Waals surface area contributed by atoms with Crippen LogP contribution in [-0.2, 0) is 6.54 Å². The zero-order valence-corrected chi connectivity index (χ0v) is 14.4. The summed E-state index contributed by atoms with van der Waals surface area (Å²) >= 11 is 0. The zero-order valence-electron chi connectivity index (χ0n) is 14.4. The van der Waals surface area contributed by atoms with Crippen LogP contribution in [-0.4, -0.2) is 40.8 Å². The summed E-state index contributed by atoms with van der Waals surface area (Å²) < 4.78 is 6.89. The maximum atomic E-state index is 13.0. The molecule has 0 radical (unpaired) electrons. The van der Waals surface area contributed by atoms with Crippen molar-refractivity contribution in [2.45, 2.75) is 32.2 Å². The first-order valence-electron chi connectivity index (χ1n) is 8.61. The lowest BCUT2D eigenvalue weighted by molar-refractivity contribution is 0.0725. The van der Waals surface area contributed by atoms with Gasteiger partial charge in [-0.05, 0) is 43.5 Å². The standard InChI is InChI=1S/C19H22N4O2/c1-25-16-8-6-15(7-9-16)18-17(14-23(21-18)13-5-10-20)19(24)22-11-3-2-4-12-22/h6-9,14H,2-5,11-13H2,1H3. The van der Waals surface area contributed by atoms with E-state index in [0.717, 1.165) is 37.2 Å². The van der Waals surface area contributed by atoms with Crippen molar-refractivity contribution in [2.75, 3.05) is 20.2 Å². The van der Waals surface area contributed by atoms with Gasteiger partial charge < -0.3 is 9.64 Å². The third kappa shape index (κ3) is 3.82. The van der Waals surface area contributed by atoms with Gasteiger partial charge in [0, 0.05) is 24.8 Å². The maximum Gasteiger partial charge on any atom is 0.257 e. The van der Waals surface area contributed by atoms with Crippen LogP contribution in [0.15, 0.2) is 30.5 Å². The van der Waals surface area contributed by atoms with Crippen LogP contribution in [0.3, 0.4) is 0 Å². The Morgan fingerprint density at radius 2 is 1.96 bits per heavy atom. The van der Waals surface area contributed by atoms with Crippen molar-refractivity contribution in [2.24, 2.45) is 0 Å². The van der Waals surface area contributed by atoms with Gasteiger partial charge in [-0.1, -0.05) is 0 Å². The fourth-order valence-corrected chi connectivity index (χ4v) is 3.09. The van der Waals surface area contributed by atoms with E-state index in [2.05, 4.69) is 11.2 Å². The van der Waals surface area contributed by atoms with Crippen LogP contribution >= 0.6 is 0 Å². The Bertz CT molecular complexity index is 768. The molecule has 1 fully saturated rings. The minimum absolute atomic E-state index is 0.0220. The Morgan fingerprint density at radius 3 is 2.60 bits per heavy atom. The Hall–Kier alpha value is -2.81. The van der Waals surface area contributed by atoms with Gasteiger partial charge in [0.05, 0.1) is 31.7 Å². The largest absolute Gasteiger partial charge is 0.497 e. The van der Waals surface area contributed by atoms with Gasteiger partial charge in [-0.15, -0.1) is 0 Å². The number of likely N-dealkylation sites (tertiary alicyclic amines) is 1. The first-order valence-corrected chi connectivity index (χ1v) is 8.61. The van der Waals surface area contributed by atoms with Crippen LogP contribution in [0.5, 0.6) is 5.75 Å². The van der Waals surface area contributed by atoms with Gasteiger partial charge in [0.2, 0.25) is 0 Å². The number of nitrogens with zero attached hydrogens (tertiary/aromatic N) is 4. The number of hydrogen-bond donors (Lipinski definition) is 0. The molecular formula is C19H22N4O2. The van der Waals surface area contributed by atoms with Crippen LogP contribution in [0.4, 0.5) is 0 Å². The van der Waals surface area contributed by atoms with Gasteiger partial charge >= 0.3 is 0 Å². The van der Waals surface area contributed by atoms with Crippen molar-refractivity contribution in [3.63, 3.8) is 0 Å². The predicted molar refractivity (Wildman–Crippen MR) is 94.2 cm³/mol. The van der Waals surface area contributed by atoms with E-state index in [1.807, 2.05) is 29.2 Å². The molecule has 0 saturated carbocycles. The number of nitriles is 1. The first kappa shape index (κ1) is 17.0. The Balaban J connectivity index is 1.94. The number of amides is 1. The molecule has 1 aromatic carbocycles. The molecule has 2 aromatic rings. The number of rotatable bonds is 5. The summed E-state index contributed by atoms with van der Waals surface area (Å²) in [6.45, 7) is 2.07. The summed E-state index contributed by atoms with van der Waals surface area (Å²) in [6.07, 6.45) is 5.41. The number of aromatic nitrogens is 2. The van der Waals surface area contributed by atoms with E-state index in [9.17, 15) is 4.79 Å². The fraction of sp³-hybridized carbons (Fsp3) is 0.421. The van der Waals surface area contributed by atoms with E-state index in [1.165, 1.54) is 6.42 Å². The van der Waals surface area contributed by atoms with Crippen molar-refractivity contribution in [1.82, 2.24) is 14.7 Å². The van der Waals surface area contributed by atoms with Crippen molar-refractivity contribution < 1.29 is 9.53 Å². The van der Waals surface area contributed by atoms with Gasteiger partial charge in [-0.3, -0.25) is 9.48 Å². The molecule has 1 amide bonds. The molecule has 0 aliphatic carbocycles. The molecule has 1 aliphatic rings. The lowest BCUT2D eigenvalue weighted by atomic mass is 10.1. The summed E-state index contributed by atoms with van der Waals surface area (Å²) in [4.78, 5) is 14.9. The Morgan fingerprint density at radius 1 is 1.24 bits per heavy atom. The number of methoxy groups -OCH3 is 1. The summed E-state index contributed by atoms with van der Waals surface area (Å²) in [5.41, 5.74) is 2.14. The number of ether oxygens (including phenoxy) is 1. The molecule has 1 saturated heterocycles. The van der Waals surface area contributed by atoms with Crippen molar-refractivity contribution >= 4 is 5.91 Å². The van der Waals surface area contributed by atoms with Gasteiger partial charge in [-0.2, -0.15) is 10.4 Å². The predicted octanol–water partition coefficient (Wildman–Crippen LogP) is 3.10. The third-order valence-corrected chi connectivity index (χ3v) is 4.45. The van der Waals surface area contributed by atoms with E-state index in [-0.39, 0.29) is 5.91 Å². The number of aryl methyl sites for hydroxylation is 1. The number of carbonyl (C=O) groups is 1. The Kier molecular flexibility index (Phi) is 5.34. The van der Waals surface area contributed by atoms with Gasteiger partial charge in [0.1, 0.15) is 11.4 Å². The molecule has 1 aliphatic heterocycles. The van der Waals surface area contributed by atoms with E-state index < -0.39 is 0 Å². The maximum absolute atomic E-state index is 13.0. The zero-order chi connectivity index (χ0) is 17.6. The van der Waals surface area contributed by atoms with E-state index in [1.54, 1.807) is 18.0 Å². The summed E-state index contributed by atoms with van der Waals surface area (Å²) in [6, 6.07) is 9.65. The van der Waals surface area contributed by atoms with Crippen LogP contribution in [0, 0.1) is 11.3 Å². The highest BCUT2D eigenvalue weighted by Gasteiger charge is 2.24. The first-order chi connectivity index (χ1) is 12.2. The van der Waals surface area contributed by atoms with E-state index in [4.69, 9.17) is 10.00 Å². The molecule has 3 rings (SSSR count). The summed E-state index contributed by atoms with van der Waals surface area (Å²) in [5, 5.41) is 13.4. The minimum atomic E-state index is 0.0220. The molecule has 0 N–H and O–H groups in total. The van der Waals surface area contributed by atoms with Gasteiger partial charge in [0.15, 0.2) is 0 Å². The van der Waals surface area contributed by atoms with Crippen LogP contribution in [0.25, 0.3) is 11.3 Å². The van der Waals surface area contributed by atoms with Gasteiger partial charge in [0.25, 0.3) is 5.91 Å². The number of piperidine rings is 1. The molecule has 0 spiro atoms. The molecular weight excluding hydrogens is 316 g/mol. The highest BCUT2D eigenvalue weighted by Crippen LogP contribution is 2.26. The van der Waals surface area contributed by atoms with Crippen LogP contribution in [0.2, 0.25) is 0 Å². The van der Waals surface area contributed by atoms with Crippen molar-refractivity contribution in [1.29, 1.82) is 5.26 Å². The average Bonchev–Trinajstić information content (AvgIpc) is 3.10. The number of hydrogen-bond acceptors (Lipinski definition) is 4. The average molecular weight is 338 g/mol. The molecule has 130 valence electrons. The van der Waals surface area contributed by atoms with Crippen LogP contribution in [0.1, 0.15) is 36.0 Å². The summed E-state index contributed by atoms with van der Waals surface area (Å²) in [7, 11) is 1.62. The SMILES string of the molecule is COc1ccc(-c2nn(CCC#N)cc2C(=O)N2CCCCC2)cc1. The highest BCUT2D eigenvalue weighted by atomic mass is 16.5. The van der Waals surface area contributed by atoms with Gasteiger partial charge in [-0.25, -0.2) is 0 Å². The third-order valence-electron chi connectivity index (χ3n) is 4.45. The fourth-order valence-electron chi connectivity index (χ4n) is 3.09. The van der Waals surface area contributed by atoms with Crippen LogP contribution < -0.4 is 4.74 Å². The molecule has 1 aromatic heterocycles. The molecule has 6 heteroatoms. The second-order valence-electron chi connectivity index (χ2n) is 6.14. The lowest BCUT2D eigenvalue weighted by Crippen LogP contribution is -2.35. The van der Waals surface area contributed by atoms with E-state index in [0.29, 0.717) is 24.2 Å². The molecule has 2 heterocycles. The smallest absolute Gasteiger partial charge is 0.257 e. The lowest BCUT2D eigenvalue weighted by Gasteiger charge is -2.26. The number of benzene rings is 1. The second kappa shape index (κ2) is 7.84. The highest BCUT2D eigenvalue weighted by molar-refractivity contribution is 5.99. The van der Waals surface area contributed by atoms with Crippen molar-refractivity contribution in [3.05, 3.63) is 36.0 Å². The topological polar surface area (TPSA) is 71.1 Å². The number of carbonyl (C=O) groups excluding carboxylic acids is 1. The minimum Gasteiger partial charge on any atom is -0.497 e. The van der Waals surface area contributed by atoms with Crippen molar-refractivity contribution in [3.8, 4) is 23.1 Å². The molecule has 25 heavy (non-hydrogen) atoms. The van der Waals surface area contributed by atoms with E-state index >= 15 is 0 Å². The monoisotopic (exact) mass is 338 g/mol. The quantitative estimate of drug-likeness (QED) is 0.840. The summed E-state index contributed by atoms with van der Waals surface area (Å²) in [5.74, 6) is 0.783.